The highest BCUT2D eigenvalue weighted by Gasteiger charge is 2.15. The third-order valence-corrected chi connectivity index (χ3v) is 4.55. The number of carbonyl (C=O) groups is 2. The molecule has 0 atom stereocenters. The van der Waals surface area contributed by atoms with Crippen molar-refractivity contribution < 1.29 is 19.1 Å². The topological polar surface area (TPSA) is 76.7 Å². The lowest BCUT2D eigenvalue weighted by Crippen LogP contribution is -2.24. The SMILES string of the molecule is O=C(COc1cccc(NC(=O)COC2CCCCC2)c1)Nc1ccccc1. The summed E-state index contributed by atoms with van der Waals surface area (Å²) in [6.45, 7) is -0.0632. The highest BCUT2D eigenvalue weighted by Crippen LogP contribution is 2.21. The molecule has 1 aliphatic rings. The van der Waals surface area contributed by atoms with Gasteiger partial charge < -0.3 is 20.1 Å². The van der Waals surface area contributed by atoms with Crippen molar-refractivity contribution in [3.05, 3.63) is 54.6 Å². The minimum Gasteiger partial charge on any atom is -0.484 e. The second-order valence-corrected chi connectivity index (χ2v) is 6.85. The summed E-state index contributed by atoms with van der Waals surface area (Å²) in [5.41, 5.74) is 1.33. The van der Waals surface area contributed by atoms with Crippen LogP contribution in [0.25, 0.3) is 0 Å². The fourth-order valence-electron chi connectivity index (χ4n) is 3.15. The van der Waals surface area contributed by atoms with Crippen LogP contribution >= 0.6 is 0 Å². The monoisotopic (exact) mass is 382 g/mol. The average molecular weight is 382 g/mol. The molecule has 6 heteroatoms. The molecule has 0 saturated heterocycles. The van der Waals surface area contributed by atoms with Gasteiger partial charge in [0.1, 0.15) is 12.4 Å². The van der Waals surface area contributed by atoms with Gasteiger partial charge in [-0.2, -0.15) is 0 Å². The Morgan fingerprint density at radius 3 is 2.29 bits per heavy atom. The first-order valence-corrected chi connectivity index (χ1v) is 9.68. The molecule has 0 aromatic heterocycles. The van der Waals surface area contributed by atoms with E-state index in [2.05, 4.69) is 10.6 Å². The van der Waals surface area contributed by atoms with Crippen molar-refractivity contribution in [3.8, 4) is 5.75 Å². The maximum absolute atomic E-state index is 12.1. The van der Waals surface area contributed by atoms with Crippen LogP contribution in [0, 0.1) is 0 Å². The molecule has 1 fully saturated rings. The molecule has 28 heavy (non-hydrogen) atoms. The van der Waals surface area contributed by atoms with E-state index in [-0.39, 0.29) is 31.1 Å². The molecule has 2 aromatic rings. The van der Waals surface area contributed by atoms with Crippen LogP contribution in [0.2, 0.25) is 0 Å². The zero-order valence-electron chi connectivity index (χ0n) is 15.9. The van der Waals surface area contributed by atoms with E-state index in [0.717, 1.165) is 18.5 Å². The maximum Gasteiger partial charge on any atom is 0.262 e. The molecule has 2 N–H and O–H groups in total. The standard InChI is InChI=1S/C22H26N2O4/c25-21(23-17-8-3-1-4-9-17)16-28-20-13-7-10-18(14-20)24-22(26)15-27-19-11-5-2-6-12-19/h1,3-4,7-10,13-14,19H,2,5-6,11-12,15-16H2,(H,23,25)(H,24,26). The van der Waals surface area contributed by atoms with Crippen LogP contribution in [0.5, 0.6) is 5.75 Å². The largest absolute Gasteiger partial charge is 0.484 e. The van der Waals surface area contributed by atoms with Gasteiger partial charge in [0.2, 0.25) is 5.91 Å². The number of amides is 2. The van der Waals surface area contributed by atoms with Gasteiger partial charge in [0.05, 0.1) is 6.10 Å². The van der Waals surface area contributed by atoms with Crippen molar-refractivity contribution in [1.29, 1.82) is 0 Å². The maximum atomic E-state index is 12.1. The third kappa shape index (κ3) is 6.70. The summed E-state index contributed by atoms with van der Waals surface area (Å²) in [4.78, 5) is 24.1. The van der Waals surface area contributed by atoms with Crippen molar-refractivity contribution >= 4 is 23.2 Å². The van der Waals surface area contributed by atoms with Crippen molar-refractivity contribution in [3.63, 3.8) is 0 Å². The fourth-order valence-corrected chi connectivity index (χ4v) is 3.15. The van der Waals surface area contributed by atoms with Crippen LogP contribution in [0.1, 0.15) is 32.1 Å². The van der Waals surface area contributed by atoms with Crippen LogP contribution in [-0.4, -0.2) is 31.1 Å². The van der Waals surface area contributed by atoms with Crippen molar-refractivity contribution in [2.24, 2.45) is 0 Å². The molecule has 0 spiro atoms. The number of para-hydroxylation sites is 1. The van der Waals surface area contributed by atoms with E-state index in [1.165, 1.54) is 19.3 Å². The van der Waals surface area contributed by atoms with E-state index < -0.39 is 0 Å². The molecule has 0 bridgehead atoms. The fraction of sp³-hybridized carbons (Fsp3) is 0.364. The van der Waals surface area contributed by atoms with Crippen LogP contribution in [0.3, 0.4) is 0 Å². The number of anilines is 2. The number of benzene rings is 2. The molecule has 148 valence electrons. The Labute approximate surface area is 165 Å². The summed E-state index contributed by atoms with van der Waals surface area (Å²) in [6, 6.07) is 16.2. The third-order valence-electron chi connectivity index (χ3n) is 4.55. The number of rotatable bonds is 8. The van der Waals surface area contributed by atoms with Gasteiger partial charge >= 0.3 is 0 Å². The van der Waals surface area contributed by atoms with Gasteiger partial charge in [-0.25, -0.2) is 0 Å². The van der Waals surface area contributed by atoms with Gasteiger partial charge in [-0.05, 0) is 37.1 Å². The van der Waals surface area contributed by atoms with Gasteiger partial charge in [-0.1, -0.05) is 43.5 Å². The smallest absolute Gasteiger partial charge is 0.262 e. The Bertz CT molecular complexity index is 773. The number of hydrogen-bond acceptors (Lipinski definition) is 4. The zero-order chi connectivity index (χ0) is 19.6. The predicted octanol–water partition coefficient (Wildman–Crippen LogP) is 3.99. The first kappa shape index (κ1) is 19.9. The normalized spacial score (nSPS) is 14.3. The molecular formula is C22H26N2O4. The summed E-state index contributed by atoms with van der Waals surface area (Å²) >= 11 is 0. The molecule has 0 unspecified atom stereocenters. The van der Waals surface area contributed by atoms with Crippen molar-refractivity contribution in [2.75, 3.05) is 23.8 Å². The lowest BCUT2D eigenvalue weighted by atomic mass is 9.98. The second kappa shape index (κ2) is 10.5. The molecular weight excluding hydrogens is 356 g/mol. The van der Waals surface area contributed by atoms with Crippen LogP contribution < -0.4 is 15.4 Å². The summed E-state index contributed by atoms with van der Waals surface area (Å²) in [5, 5.41) is 5.56. The lowest BCUT2D eigenvalue weighted by molar-refractivity contribution is -0.123. The van der Waals surface area contributed by atoms with Gasteiger partial charge in [-0.15, -0.1) is 0 Å². The first-order valence-electron chi connectivity index (χ1n) is 9.68. The van der Waals surface area contributed by atoms with E-state index in [1.807, 2.05) is 30.3 Å². The Kier molecular flexibility index (Phi) is 7.44. The lowest BCUT2D eigenvalue weighted by Gasteiger charge is -2.21. The van der Waals surface area contributed by atoms with Gasteiger partial charge in [0.15, 0.2) is 6.61 Å². The molecule has 0 radical (unpaired) electrons. The molecule has 1 saturated carbocycles. The molecule has 6 nitrogen and oxygen atoms in total. The molecule has 3 rings (SSSR count). The summed E-state index contributed by atoms with van der Waals surface area (Å²) in [5.74, 6) is 0.0697. The molecule has 0 heterocycles. The highest BCUT2D eigenvalue weighted by molar-refractivity contribution is 5.92. The number of hydrogen-bond donors (Lipinski definition) is 2. The quantitative estimate of drug-likeness (QED) is 0.724. The van der Waals surface area contributed by atoms with E-state index in [9.17, 15) is 9.59 Å². The van der Waals surface area contributed by atoms with Crippen LogP contribution in [0.15, 0.2) is 54.6 Å². The van der Waals surface area contributed by atoms with Crippen molar-refractivity contribution in [2.45, 2.75) is 38.2 Å². The van der Waals surface area contributed by atoms with Gasteiger partial charge in [0.25, 0.3) is 5.91 Å². The van der Waals surface area contributed by atoms with E-state index in [1.54, 1.807) is 24.3 Å². The average Bonchev–Trinajstić information content (AvgIpc) is 2.73. The summed E-state index contributed by atoms with van der Waals surface area (Å²) in [6.07, 6.45) is 5.84. The Hall–Kier alpha value is -2.86. The van der Waals surface area contributed by atoms with Gasteiger partial charge in [0, 0.05) is 17.4 Å². The molecule has 2 aromatic carbocycles. The first-order chi connectivity index (χ1) is 13.7. The minimum absolute atomic E-state index is 0.0508. The van der Waals surface area contributed by atoms with Crippen LogP contribution in [0.4, 0.5) is 11.4 Å². The number of nitrogens with one attached hydrogen (secondary N) is 2. The van der Waals surface area contributed by atoms with Gasteiger partial charge in [-0.3, -0.25) is 9.59 Å². The highest BCUT2D eigenvalue weighted by atomic mass is 16.5. The number of ether oxygens (including phenoxy) is 2. The Morgan fingerprint density at radius 2 is 1.50 bits per heavy atom. The number of carbonyl (C=O) groups excluding carboxylic acids is 2. The molecule has 1 aliphatic carbocycles. The molecule has 0 aliphatic heterocycles. The second-order valence-electron chi connectivity index (χ2n) is 6.85. The minimum atomic E-state index is -0.249. The van der Waals surface area contributed by atoms with E-state index in [0.29, 0.717) is 11.4 Å². The Morgan fingerprint density at radius 1 is 0.821 bits per heavy atom. The van der Waals surface area contributed by atoms with Crippen molar-refractivity contribution in [1.82, 2.24) is 0 Å². The molecule has 2 amide bonds. The van der Waals surface area contributed by atoms with E-state index >= 15 is 0 Å². The van der Waals surface area contributed by atoms with E-state index in [4.69, 9.17) is 9.47 Å². The summed E-state index contributed by atoms with van der Waals surface area (Å²) in [7, 11) is 0. The van der Waals surface area contributed by atoms with Crippen LogP contribution in [-0.2, 0) is 14.3 Å². The Balaban J connectivity index is 1.42. The predicted molar refractivity (Wildman–Crippen MR) is 108 cm³/mol. The zero-order valence-corrected chi connectivity index (χ0v) is 15.9. The summed E-state index contributed by atoms with van der Waals surface area (Å²) < 4.78 is 11.2.